The first-order valence-electron chi connectivity index (χ1n) is 10.00. The van der Waals surface area contributed by atoms with Gasteiger partial charge in [0.2, 0.25) is 0 Å². The van der Waals surface area contributed by atoms with Crippen molar-refractivity contribution >= 4 is 38.5 Å². The lowest BCUT2D eigenvalue weighted by Crippen LogP contribution is -2.55. The zero-order valence-corrected chi connectivity index (χ0v) is 18.1. The number of aliphatic hydroxyl groups is 2. The molecular weight excluding hydrogens is 421 g/mol. The maximum Gasteiger partial charge on any atom is 0.324 e. The number of hydrogen-bond donors (Lipinski definition) is 3. The smallest absolute Gasteiger partial charge is 0.324 e. The molecule has 1 fully saturated rings. The van der Waals surface area contributed by atoms with Crippen LogP contribution in [0.25, 0.3) is 10.2 Å². The second kappa shape index (κ2) is 8.74. The number of hydrogen-bond acceptors (Lipinski definition) is 7. The van der Waals surface area contributed by atoms with Crippen LogP contribution in [0.2, 0.25) is 0 Å². The highest BCUT2D eigenvalue weighted by atomic mass is 32.1. The molecule has 1 aliphatic heterocycles. The van der Waals surface area contributed by atoms with Crippen molar-refractivity contribution in [3.63, 3.8) is 0 Å². The van der Waals surface area contributed by atoms with E-state index in [-0.39, 0.29) is 23.5 Å². The molecule has 31 heavy (non-hydrogen) atoms. The van der Waals surface area contributed by atoms with Crippen LogP contribution in [0.4, 0.5) is 20.1 Å². The molecule has 0 spiro atoms. The molecule has 8 nitrogen and oxygen atoms in total. The standard InChI is InChI=1S/C21H24FN5O3S/c1-12-3-4-16-18(7-12)31-20(24-16)25-21(30)27-6-5-26(10-13(27)2)19-15(22)8-14(9-23-19)17(29)11-28/h3-4,7-9,13,17,28-29H,5-6,10-11H2,1-2H3,(H,24,25,30)/t13?,17-/m0/s1. The van der Waals surface area contributed by atoms with E-state index in [0.29, 0.717) is 24.8 Å². The lowest BCUT2D eigenvalue weighted by molar-refractivity contribution is 0.0951. The summed E-state index contributed by atoms with van der Waals surface area (Å²) in [7, 11) is 0. The van der Waals surface area contributed by atoms with E-state index in [9.17, 15) is 14.3 Å². The van der Waals surface area contributed by atoms with Crippen LogP contribution in [0.5, 0.6) is 0 Å². The molecule has 1 aliphatic rings. The number of pyridine rings is 1. The van der Waals surface area contributed by atoms with Gasteiger partial charge in [-0.3, -0.25) is 5.32 Å². The van der Waals surface area contributed by atoms with Crippen LogP contribution in [-0.4, -0.2) is 63.4 Å². The molecule has 3 aromatic rings. The van der Waals surface area contributed by atoms with Crippen molar-refractivity contribution in [3.8, 4) is 0 Å². The summed E-state index contributed by atoms with van der Waals surface area (Å²) in [4.78, 5) is 24.9. The van der Waals surface area contributed by atoms with Crippen molar-refractivity contribution in [1.82, 2.24) is 14.9 Å². The highest BCUT2D eigenvalue weighted by molar-refractivity contribution is 7.22. The van der Waals surface area contributed by atoms with Gasteiger partial charge in [0, 0.05) is 37.4 Å². The number of piperazine rings is 1. The Hall–Kier alpha value is -2.82. The number of benzene rings is 1. The maximum atomic E-state index is 14.5. The van der Waals surface area contributed by atoms with Crippen molar-refractivity contribution < 1.29 is 19.4 Å². The Balaban J connectivity index is 1.42. The number of fused-ring (bicyclic) bond motifs is 1. The third-order valence-corrected chi connectivity index (χ3v) is 6.28. The molecule has 0 aliphatic carbocycles. The fourth-order valence-corrected chi connectivity index (χ4v) is 4.62. The maximum absolute atomic E-state index is 14.5. The Morgan fingerprint density at radius 3 is 2.90 bits per heavy atom. The number of carbonyl (C=O) groups is 1. The second-order valence-corrected chi connectivity index (χ2v) is 8.71. The first kappa shape index (κ1) is 21.4. The molecule has 2 aromatic heterocycles. The van der Waals surface area contributed by atoms with Gasteiger partial charge in [0.25, 0.3) is 0 Å². The third kappa shape index (κ3) is 4.46. The molecule has 0 saturated carbocycles. The predicted octanol–water partition coefficient (Wildman–Crippen LogP) is 2.91. The van der Waals surface area contributed by atoms with Crippen molar-refractivity contribution in [2.24, 2.45) is 0 Å². The summed E-state index contributed by atoms with van der Waals surface area (Å²) in [5, 5.41) is 22.1. The first-order valence-corrected chi connectivity index (χ1v) is 10.8. The average molecular weight is 446 g/mol. The van der Waals surface area contributed by atoms with E-state index >= 15 is 0 Å². The van der Waals surface area contributed by atoms with Gasteiger partial charge in [-0.25, -0.2) is 19.2 Å². The molecule has 1 saturated heterocycles. The number of urea groups is 1. The predicted molar refractivity (Wildman–Crippen MR) is 118 cm³/mol. The van der Waals surface area contributed by atoms with Gasteiger partial charge in [0.05, 0.1) is 16.8 Å². The summed E-state index contributed by atoms with van der Waals surface area (Å²) >= 11 is 1.43. The SMILES string of the molecule is Cc1ccc2nc(NC(=O)N3CCN(c4ncc([C@@H](O)CO)cc4F)CC3C)sc2c1. The van der Waals surface area contributed by atoms with E-state index < -0.39 is 18.5 Å². The van der Waals surface area contributed by atoms with Crippen molar-refractivity contribution in [3.05, 3.63) is 47.4 Å². The number of halogens is 1. The summed E-state index contributed by atoms with van der Waals surface area (Å²) in [6.45, 7) is 4.65. The monoisotopic (exact) mass is 445 g/mol. The minimum absolute atomic E-state index is 0.169. The van der Waals surface area contributed by atoms with Crippen molar-refractivity contribution in [2.75, 3.05) is 36.5 Å². The summed E-state index contributed by atoms with van der Waals surface area (Å²) in [5.41, 5.74) is 2.21. The molecule has 4 rings (SSSR count). The van der Waals surface area contributed by atoms with Crippen LogP contribution in [0.3, 0.4) is 0 Å². The number of aryl methyl sites for hydroxylation is 1. The number of amides is 2. The lowest BCUT2D eigenvalue weighted by atomic mass is 10.1. The molecule has 2 atom stereocenters. The summed E-state index contributed by atoms with van der Waals surface area (Å²) in [5.74, 6) is -0.401. The first-order chi connectivity index (χ1) is 14.9. The molecule has 0 bridgehead atoms. The van der Waals surface area contributed by atoms with Gasteiger partial charge in [0.1, 0.15) is 6.10 Å². The molecule has 10 heteroatoms. The average Bonchev–Trinajstić information content (AvgIpc) is 3.14. The van der Waals surface area contributed by atoms with Gasteiger partial charge < -0.3 is 20.0 Å². The lowest BCUT2D eigenvalue weighted by Gasteiger charge is -2.40. The molecule has 1 unspecified atom stereocenters. The van der Waals surface area contributed by atoms with Gasteiger partial charge in [-0.1, -0.05) is 17.4 Å². The third-order valence-electron chi connectivity index (χ3n) is 5.35. The summed E-state index contributed by atoms with van der Waals surface area (Å²) in [6, 6.07) is 6.73. The zero-order chi connectivity index (χ0) is 22.1. The molecule has 3 N–H and O–H groups in total. The van der Waals surface area contributed by atoms with Gasteiger partial charge in [-0.15, -0.1) is 0 Å². The number of nitrogens with one attached hydrogen (secondary N) is 1. The Labute approximate surface area is 183 Å². The minimum atomic E-state index is -1.16. The van der Waals surface area contributed by atoms with E-state index in [1.54, 1.807) is 9.80 Å². The Morgan fingerprint density at radius 2 is 2.19 bits per heavy atom. The Bertz CT molecular complexity index is 1110. The van der Waals surface area contributed by atoms with Crippen LogP contribution >= 0.6 is 11.3 Å². The normalized spacial score (nSPS) is 17.8. The topological polar surface area (TPSA) is 102 Å². The number of anilines is 2. The second-order valence-electron chi connectivity index (χ2n) is 7.68. The van der Waals surface area contributed by atoms with E-state index in [0.717, 1.165) is 15.8 Å². The van der Waals surface area contributed by atoms with E-state index in [2.05, 4.69) is 15.3 Å². The number of aromatic nitrogens is 2. The number of thiazole rings is 1. The van der Waals surface area contributed by atoms with Crippen LogP contribution in [0.15, 0.2) is 30.5 Å². The van der Waals surface area contributed by atoms with Crippen molar-refractivity contribution in [1.29, 1.82) is 0 Å². The molecule has 164 valence electrons. The quantitative estimate of drug-likeness (QED) is 0.571. The summed E-state index contributed by atoms with van der Waals surface area (Å²) in [6.07, 6.45) is 0.194. The molecular formula is C21H24FN5O3S. The fourth-order valence-electron chi connectivity index (χ4n) is 3.67. The minimum Gasteiger partial charge on any atom is -0.393 e. The van der Waals surface area contributed by atoms with Crippen LogP contribution in [-0.2, 0) is 0 Å². The number of carbonyl (C=O) groups excluding carboxylic acids is 1. The van der Waals surface area contributed by atoms with Crippen LogP contribution in [0.1, 0.15) is 24.2 Å². The van der Waals surface area contributed by atoms with Gasteiger partial charge in [-0.2, -0.15) is 0 Å². The van der Waals surface area contributed by atoms with Gasteiger partial charge in [0.15, 0.2) is 16.8 Å². The van der Waals surface area contributed by atoms with Gasteiger partial charge in [-0.05, 0) is 37.6 Å². The largest absolute Gasteiger partial charge is 0.393 e. The fraction of sp³-hybridized carbons (Fsp3) is 0.381. The van der Waals surface area contributed by atoms with E-state index in [1.807, 2.05) is 32.0 Å². The number of rotatable bonds is 4. The van der Waals surface area contributed by atoms with Gasteiger partial charge >= 0.3 is 6.03 Å². The molecule has 2 amide bonds. The van der Waals surface area contributed by atoms with E-state index in [1.165, 1.54) is 23.6 Å². The molecule has 3 heterocycles. The summed E-state index contributed by atoms with van der Waals surface area (Å²) < 4.78 is 15.6. The van der Waals surface area contributed by atoms with Crippen LogP contribution in [0, 0.1) is 12.7 Å². The van der Waals surface area contributed by atoms with Crippen LogP contribution < -0.4 is 10.2 Å². The highest BCUT2D eigenvalue weighted by Gasteiger charge is 2.30. The number of aliphatic hydroxyl groups excluding tert-OH is 2. The highest BCUT2D eigenvalue weighted by Crippen LogP contribution is 2.28. The Kier molecular flexibility index (Phi) is 6.03. The zero-order valence-electron chi connectivity index (χ0n) is 17.2. The number of nitrogens with zero attached hydrogens (tertiary/aromatic N) is 4. The Morgan fingerprint density at radius 1 is 1.39 bits per heavy atom. The van der Waals surface area contributed by atoms with E-state index in [4.69, 9.17) is 5.11 Å². The molecule has 1 aromatic carbocycles. The molecule has 0 radical (unpaired) electrons. The van der Waals surface area contributed by atoms with Crippen molar-refractivity contribution in [2.45, 2.75) is 26.0 Å².